The quantitative estimate of drug-likeness (QED) is 0.450. The van der Waals surface area contributed by atoms with Crippen molar-refractivity contribution in [1.29, 1.82) is 0 Å². The second-order valence-electron chi connectivity index (χ2n) is 1.79. The molecule has 0 radical (unpaired) electrons. The number of pyridine rings is 1. The number of nitrogens with zero attached hydrogens (tertiary/aromatic N) is 1. The van der Waals surface area contributed by atoms with Crippen molar-refractivity contribution in [2.75, 3.05) is 0 Å². The lowest BCUT2D eigenvalue weighted by Crippen LogP contribution is -1.98. The monoisotopic (exact) mass is 167 g/mol. The minimum Gasteiger partial charge on any atom is -0.244 e. The number of hydrogen-bond acceptors (Lipinski definition) is 3. The molecule has 0 aliphatic heterocycles. The molecule has 1 aromatic rings. The van der Waals surface area contributed by atoms with Crippen LogP contribution in [0.4, 0.5) is 0 Å². The molecule has 1 aromatic heterocycles. The van der Waals surface area contributed by atoms with Gasteiger partial charge in [0.15, 0.2) is 5.03 Å². The summed E-state index contributed by atoms with van der Waals surface area (Å²) < 4.78 is 21.8. The highest BCUT2D eigenvalue weighted by Gasteiger charge is 2.09. The van der Waals surface area contributed by atoms with Crippen molar-refractivity contribution in [3.8, 4) is 11.7 Å². The third-order valence-corrected chi connectivity index (χ3v) is 2.17. The third-order valence-electron chi connectivity index (χ3n) is 1.07. The van der Waals surface area contributed by atoms with Gasteiger partial charge >= 0.3 is 0 Å². The van der Waals surface area contributed by atoms with Gasteiger partial charge in [0, 0.05) is 11.4 Å². The average molecular weight is 167 g/mol. The Labute approximate surface area is 65.0 Å². The van der Waals surface area contributed by atoms with Gasteiger partial charge in [0.25, 0.3) is 9.84 Å². The maximum absolute atomic E-state index is 10.9. The summed E-state index contributed by atoms with van der Waals surface area (Å²) in [6.07, 6.45) is 6.14. The first kappa shape index (κ1) is 7.76. The topological polar surface area (TPSA) is 47.0 Å². The largest absolute Gasteiger partial charge is 0.262 e. The van der Waals surface area contributed by atoms with Crippen LogP contribution in [-0.4, -0.2) is 13.4 Å². The van der Waals surface area contributed by atoms with Crippen molar-refractivity contribution in [1.82, 2.24) is 4.98 Å². The molecule has 1 heterocycles. The van der Waals surface area contributed by atoms with Crippen molar-refractivity contribution in [3.63, 3.8) is 0 Å². The average Bonchev–Trinajstić information content (AvgIpc) is 2.06. The summed E-state index contributed by atoms with van der Waals surface area (Å²) in [6.45, 7) is 0. The van der Waals surface area contributed by atoms with Gasteiger partial charge in [-0.05, 0) is 12.1 Å². The van der Waals surface area contributed by atoms with Crippen LogP contribution >= 0.6 is 0 Å². The molecule has 0 saturated carbocycles. The molecule has 0 fully saturated rings. The SMILES string of the molecule is C#CS(=O)(=O)c1ccccn1. The summed E-state index contributed by atoms with van der Waals surface area (Å²) >= 11 is 0. The highest BCUT2D eigenvalue weighted by molar-refractivity contribution is 7.96. The molecule has 0 N–H and O–H groups in total. The van der Waals surface area contributed by atoms with Crippen LogP contribution < -0.4 is 0 Å². The summed E-state index contributed by atoms with van der Waals surface area (Å²) in [6, 6.07) is 4.54. The van der Waals surface area contributed by atoms with E-state index in [-0.39, 0.29) is 5.03 Å². The van der Waals surface area contributed by atoms with E-state index in [1.165, 1.54) is 12.3 Å². The number of rotatable bonds is 1. The van der Waals surface area contributed by atoms with Crippen molar-refractivity contribution in [3.05, 3.63) is 24.4 Å². The fourth-order valence-corrected chi connectivity index (χ4v) is 1.14. The molecule has 0 unspecified atom stereocenters. The van der Waals surface area contributed by atoms with Crippen LogP contribution in [0.2, 0.25) is 0 Å². The predicted molar refractivity (Wildman–Crippen MR) is 40.3 cm³/mol. The van der Waals surface area contributed by atoms with Crippen LogP contribution in [-0.2, 0) is 9.84 Å². The summed E-state index contributed by atoms with van der Waals surface area (Å²) in [4.78, 5) is 3.59. The second kappa shape index (κ2) is 2.72. The summed E-state index contributed by atoms with van der Waals surface area (Å²) in [5.41, 5.74) is 0. The molecule has 0 aromatic carbocycles. The lowest BCUT2D eigenvalue weighted by atomic mass is 10.5. The van der Waals surface area contributed by atoms with Crippen molar-refractivity contribution in [2.45, 2.75) is 5.03 Å². The molecule has 56 valence electrons. The molecule has 4 heteroatoms. The van der Waals surface area contributed by atoms with E-state index in [9.17, 15) is 8.42 Å². The zero-order chi connectivity index (χ0) is 8.32. The molecule has 1 rings (SSSR count). The Balaban J connectivity index is 3.28. The molecule has 0 atom stereocenters. The molecule has 3 nitrogen and oxygen atoms in total. The molecule has 0 amide bonds. The van der Waals surface area contributed by atoms with Gasteiger partial charge in [-0.3, -0.25) is 0 Å². The number of sulfone groups is 1. The normalized spacial score (nSPS) is 10.5. The zero-order valence-electron chi connectivity index (χ0n) is 5.56. The number of hydrogen-bond donors (Lipinski definition) is 0. The highest BCUT2D eigenvalue weighted by atomic mass is 32.2. The predicted octanol–water partition coefficient (Wildman–Crippen LogP) is 0.446. The Bertz CT molecular complexity index is 375. The van der Waals surface area contributed by atoms with Gasteiger partial charge in [0.1, 0.15) is 0 Å². The van der Waals surface area contributed by atoms with E-state index in [0.29, 0.717) is 0 Å². The Hall–Kier alpha value is -1.34. The first-order chi connectivity index (χ1) is 5.17. The van der Waals surface area contributed by atoms with Gasteiger partial charge in [-0.2, -0.15) is 0 Å². The number of terminal acetylenes is 1. The van der Waals surface area contributed by atoms with Crippen LogP contribution in [0.3, 0.4) is 0 Å². The van der Waals surface area contributed by atoms with Gasteiger partial charge < -0.3 is 0 Å². The molecular formula is C7H5NO2S. The van der Waals surface area contributed by atoms with E-state index in [1.807, 2.05) is 0 Å². The highest BCUT2D eigenvalue weighted by Crippen LogP contribution is 2.03. The van der Waals surface area contributed by atoms with E-state index in [1.54, 1.807) is 17.4 Å². The van der Waals surface area contributed by atoms with Gasteiger partial charge in [-0.15, -0.1) is 6.42 Å². The van der Waals surface area contributed by atoms with Crippen LogP contribution in [0.25, 0.3) is 0 Å². The minimum atomic E-state index is -3.58. The van der Waals surface area contributed by atoms with Crippen molar-refractivity contribution in [2.24, 2.45) is 0 Å². The summed E-state index contributed by atoms with van der Waals surface area (Å²) in [5.74, 6) is 0. The number of aromatic nitrogens is 1. The van der Waals surface area contributed by atoms with E-state index in [2.05, 4.69) is 4.98 Å². The van der Waals surface area contributed by atoms with E-state index < -0.39 is 9.84 Å². The van der Waals surface area contributed by atoms with Crippen LogP contribution in [0.15, 0.2) is 29.4 Å². The fraction of sp³-hybridized carbons (Fsp3) is 0. The van der Waals surface area contributed by atoms with Gasteiger partial charge in [0.05, 0.1) is 0 Å². The molecule has 0 aliphatic rings. The molecule has 0 spiro atoms. The van der Waals surface area contributed by atoms with E-state index in [0.717, 1.165) is 0 Å². The van der Waals surface area contributed by atoms with Crippen molar-refractivity contribution < 1.29 is 8.42 Å². The van der Waals surface area contributed by atoms with Crippen LogP contribution in [0.5, 0.6) is 0 Å². The Kier molecular flexibility index (Phi) is 1.92. The Morgan fingerprint density at radius 1 is 1.45 bits per heavy atom. The molecular weight excluding hydrogens is 162 g/mol. The van der Waals surface area contributed by atoms with E-state index >= 15 is 0 Å². The minimum absolute atomic E-state index is 0.0810. The summed E-state index contributed by atoms with van der Waals surface area (Å²) in [7, 11) is -3.58. The third kappa shape index (κ3) is 1.57. The first-order valence-electron chi connectivity index (χ1n) is 2.80. The Morgan fingerprint density at radius 3 is 2.64 bits per heavy atom. The zero-order valence-corrected chi connectivity index (χ0v) is 6.38. The summed E-state index contributed by atoms with van der Waals surface area (Å²) in [5, 5.41) is 1.59. The maximum Gasteiger partial charge on any atom is 0.262 e. The molecule has 0 saturated heterocycles. The van der Waals surface area contributed by atoms with Crippen LogP contribution in [0, 0.1) is 11.7 Å². The first-order valence-corrected chi connectivity index (χ1v) is 4.28. The lowest BCUT2D eigenvalue weighted by Gasteiger charge is -1.91. The molecule has 11 heavy (non-hydrogen) atoms. The van der Waals surface area contributed by atoms with Crippen molar-refractivity contribution >= 4 is 9.84 Å². The van der Waals surface area contributed by atoms with Crippen LogP contribution in [0.1, 0.15) is 0 Å². The standard InChI is InChI=1S/C7H5NO2S/c1-2-11(9,10)7-5-3-4-6-8-7/h1,3-6H. The smallest absolute Gasteiger partial charge is 0.244 e. The van der Waals surface area contributed by atoms with Gasteiger partial charge in [0.2, 0.25) is 0 Å². The second-order valence-corrected chi connectivity index (χ2v) is 3.45. The maximum atomic E-state index is 10.9. The van der Waals surface area contributed by atoms with Gasteiger partial charge in [-0.25, -0.2) is 13.4 Å². The Morgan fingerprint density at radius 2 is 2.18 bits per heavy atom. The lowest BCUT2D eigenvalue weighted by molar-refractivity contribution is 0.602. The molecule has 0 bridgehead atoms. The fourth-order valence-electron chi connectivity index (χ4n) is 0.566. The van der Waals surface area contributed by atoms with Gasteiger partial charge in [-0.1, -0.05) is 6.07 Å². The van der Waals surface area contributed by atoms with E-state index in [4.69, 9.17) is 6.42 Å². The molecule has 0 aliphatic carbocycles.